The zero-order valence-electron chi connectivity index (χ0n) is 40.7. The van der Waals surface area contributed by atoms with Crippen LogP contribution >= 0.6 is 22.7 Å². The van der Waals surface area contributed by atoms with Gasteiger partial charge in [-0.3, -0.25) is 9.59 Å². The van der Waals surface area contributed by atoms with Gasteiger partial charge in [-0.05, 0) is 74.2 Å². The Morgan fingerprint density at radius 2 is 1.04 bits per heavy atom. The molecule has 0 saturated heterocycles. The lowest BCUT2D eigenvalue weighted by Gasteiger charge is -2.36. The number of hydrogen-bond donors (Lipinski definition) is 2. The summed E-state index contributed by atoms with van der Waals surface area (Å²) in [7, 11) is 0. The van der Waals surface area contributed by atoms with Gasteiger partial charge < -0.3 is 39.4 Å². The summed E-state index contributed by atoms with van der Waals surface area (Å²) in [4.78, 5) is 29.8. The number of para-hydroxylation sites is 2. The average Bonchev–Trinajstić information content (AvgIpc) is 3.98. The topological polar surface area (TPSA) is 109 Å². The number of amides is 2. The molecule has 0 bridgehead atoms. The summed E-state index contributed by atoms with van der Waals surface area (Å²) in [6.07, 6.45) is 17.7. The molecule has 8 heterocycles. The smallest absolute Gasteiger partial charge is 0.270 e. The number of carbonyl (C=O) groups is 2. The molecule has 370 valence electrons. The molecule has 2 unspecified atom stereocenters. The first-order chi connectivity index (χ1) is 35.6. The van der Waals surface area contributed by atoms with E-state index in [2.05, 4.69) is 139 Å². The fourth-order valence-electron chi connectivity index (χ4n) is 11.4. The highest BCUT2D eigenvalue weighted by molar-refractivity contribution is 7.19. The first-order valence-electron chi connectivity index (χ1n) is 26.1. The van der Waals surface area contributed by atoms with Crippen LogP contribution in [-0.2, 0) is 32.2 Å². The minimum Gasteiger partial charge on any atom is -0.484 e. The predicted molar refractivity (Wildman–Crippen MR) is 286 cm³/mol. The van der Waals surface area contributed by atoms with Crippen LogP contribution in [0, 0.1) is 0 Å². The number of carbonyl (C=O) groups excluding carboxylic acids is 2. The molecular weight excluding hydrogens is 941 g/mol. The van der Waals surface area contributed by atoms with Crippen molar-refractivity contribution in [2.75, 3.05) is 62.4 Å². The lowest BCUT2D eigenvalue weighted by molar-refractivity contribution is -0.674. The van der Waals surface area contributed by atoms with Gasteiger partial charge in [0.2, 0.25) is 22.8 Å². The number of aryl methyl sites for hydroxylation is 2. The van der Waals surface area contributed by atoms with Crippen molar-refractivity contribution < 1.29 is 37.7 Å². The molecular formula is C58H62N6O6S2+2. The van der Waals surface area contributed by atoms with Crippen molar-refractivity contribution in [2.45, 2.75) is 89.5 Å². The van der Waals surface area contributed by atoms with Crippen LogP contribution in [-0.4, -0.2) is 76.6 Å². The zero-order valence-corrected chi connectivity index (χ0v) is 42.4. The van der Waals surface area contributed by atoms with Crippen LogP contribution < -0.4 is 39.0 Å². The Bertz CT molecular complexity index is 2960. The molecule has 2 N–H and O–H groups in total. The molecule has 4 aromatic carbocycles. The maximum atomic E-state index is 12.6. The van der Waals surface area contributed by atoms with Gasteiger partial charge in [0.05, 0.1) is 48.9 Å². The Kier molecular flexibility index (Phi) is 13.6. The monoisotopic (exact) mass is 1000 g/mol. The van der Waals surface area contributed by atoms with Gasteiger partial charge in [0.25, 0.3) is 10.0 Å². The molecule has 12 nitrogen and oxygen atoms in total. The van der Waals surface area contributed by atoms with E-state index in [-0.39, 0.29) is 24.0 Å². The second-order valence-corrected chi connectivity index (χ2v) is 21.4. The van der Waals surface area contributed by atoms with Crippen molar-refractivity contribution in [2.24, 2.45) is 0 Å². The third-order valence-corrected chi connectivity index (χ3v) is 17.2. The Morgan fingerprint density at radius 1 is 0.569 bits per heavy atom. The van der Waals surface area contributed by atoms with Gasteiger partial charge in [-0.2, -0.15) is 9.13 Å². The molecule has 72 heavy (non-hydrogen) atoms. The van der Waals surface area contributed by atoms with Crippen LogP contribution in [0.2, 0.25) is 0 Å². The molecule has 2 amide bonds. The van der Waals surface area contributed by atoms with E-state index in [9.17, 15) is 9.59 Å². The second-order valence-electron chi connectivity index (χ2n) is 19.4. The summed E-state index contributed by atoms with van der Waals surface area (Å²) in [6.45, 7) is 6.37. The molecule has 0 saturated carbocycles. The number of aromatic nitrogens is 2. The number of allylic oxidation sites excluding steroid dienone is 4. The highest BCUT2D eigenvalue weighted by Gasteiger charge is 2.44. The van der Waals surface area contributed by atoms with Gasteiger partial charge in [0.15, 0.2) is 13.1 Å². The SMILES string of the molecule is O=C(CCCCCN1C=CC2=C3c4sc5ccccc5[n+]4CCC3Oc3cccc1c32)NCCOCCOCCNC(=O)CCCCCN1C=CC2=C3c4sc5ccccc5[n+]4CCC3Oc3cccc1c32. The predicted octanol–water partition coefficient (Wildman–Crippen LogP) is 9.60. The van der Waals surface area contributed by atoms with E-state index >= 15 is 0 Å². The van der Waals surface area contributed by atoms with Crippen LogP contribution in [0.3, 0.4) is 0 Å². The number of unbranched alkanes of at least 4 members (excludes halogenated alkanes) is 4. The van der Waals surface area contributed by atoms with Gasteiger partial charge in [0.1, 0.15) is 33.1 Å². The van der Waals surface area contributed by atoms with E-state index in [0.29, 0.717) is 52.4 Å². The van der Waals surface area contributed by atoms with Crippen LogP contribution in [0.1, 0.15) is 85.4 Å². The number of rotatable bonds is 21. The Morgan fingerprint density at radius 3 is 1.53 bits per heavy atom. The number of nitrogens with one attached hydrogen (secondary N) is 2. The van der Waals surface area contributed by atoms with Crippen LogP contribution in [0.25, 0.3) is 42.7 Å². The van der Waals surface area contributed by atoms with E-state index in [1.807, 2.05) is 22.7 Å². The molecule has 6 aromatic rings. The largest absolute Gasteiger partial charge is 0.484 e. The molecule has 0 radical (unpaired) electrons. The zero-order chi connectivity index (χ0) is 48.4. The summed E-state index contributed by atoms with van der Waals surface area (Å²) in [5.41, 5.74) is 12.6. The molecule has 6 aliphatic rings. The molecule has 2 atom stereocenters. The van der Waals surface area contributed by atoms with Crippen molar-refractivity contribution in [1.29, 1.82) is 0 Å². The summed E-state index contributed by atoms with van der Waals surface area (Å²) in [6, 6.07) is 30.2. The van der Waals surface area contributed by atoms with Crippen LogP contribution in [0.4, 0.5) is 11.4 Å². The number of thiazole rings is 2. The highest BCUT2D eigenvalue weighted by Crippen LogP contribution is 2.51. The molecule has 14 heteroatoms. The fraction of sp³-hybridized carbons (Fsp3) is 0.379. The van der Waals surface area contributed by atoms with Crippen molar-refractivity contribution in [3.63, 3.8) is 0 Å². The second kappa shape index (κ2) is 21.0. The Hall–Kier alpha value is -6.32. The highest BCUT2D eigenvalue weighted by atomic mass is 32.1. The van der Waals surface area contributed by atoms with Crippen molar-refractivity contribution in [1.82, 2.24) is 10.6 Å². The quantitative estimate of drug-likeness (QED) is 0.0543. The third kappa shape index (κ3) is 9.23. The molecule has 0 fully saturated rings. The van der Waals surface area contributed by atoms with E-state index in [4.69, 9.17) is 18.9 Å². The number of ether oxygens (including phenoxy) is 4. The molecule has 12 rings (SSSR count). The Balaban J connectivity index is 0.497. The normalized spacial score (nSPS) is 17.7. The number of benzene rings is 4. The number of fused-ring (bicyclic) bond motifs is 10. The van der Waals surface area contributed by atoms with E-state index in [1.165, 1.54) is 75.2 Å². The number of anilines is 2. The molecule has 0 spiro atoms. The van der Waals surface area contributed by atoms with Crippen LogP contribution in [0.5, 0.6) is 11.5 Å². The summed E-state index contributed by atoms with van der Waals surface area (Å²) >= 11 is 3.73. The molecule has 2 aromatic heterocycles. The first kappa shape index (κ1) is 46.7. The lowest BCUT2D eigenvalue weighted by Crippen LogP contribution is -2.45. The Labute approximate surface area is 428 Å². The van der Waals surface area contributed by atoms with Crippen molar-refractivity contribution in [3.05, 3.63) is 131 Å². The van der Waals surface area contributed by atoms with Gasteiger partial charge in [-0.1, -0.05) is 71.9 Å². The molecule has 6 aliphatic heterocycles. The van der Waals surface area contributed by atoms with E-state index in [0.717, 1.165) is 89.0 Å². The van der Waals surface area contributed by atoms with Crippen molar-refractivity contribution >= 4 is 88.6 Å². The maximum absolute atomic E-state index is 12.6. The minimum atomic E-state index is 0.0547. The summed E-state index contributed by atoms with van der Waals surface area (Å²) in [5.74, 6) is 2.06. The van der Waals surface area contributed by atoms with Crippen LogP contribution in [0.15, 0.2) is 109 Å². The lowest BCUT2D eigenvalue weighted by atomic mass is 9.87. The molecule has 0 aliphatic carbocycles. The standard InChI is InChI=1S/C58H60N6O6S2/c65-51(21-3-1-9-29-61-31-23-39-53-43(61)15-11-17-45(53)69-47-25-33-63-41-13-5-7-19-49(41)71-57(63)55(39)47)59-27-35-67-37-38-68-36-28-60-52(66)22-4-2-10-30-62-32-24-40-54-44(62)16-12-18-46(54)70-48-26-34-64-42-14-6-8-20-50(42)72-58(64)56(40)48/h5-8,11-20,23-24,31-32,47-48H,1-4,9-10,21-22,25-30,33-38H2/p+2. The first-order valence-corrected chi connectivity index (χ1v) is 27.7. The van der Waals surface area contributed by atoms with E-state index in [1.54, 1.807) is 0 Å². The third-order valence-electron chi connectivity index (χ3n) is 14.8. The van der Waals surface area contributed by atoms with Gasteiger partial charge in [0, 0.05) is 98.7 Å². The van der Waals surface area contributed by atoms with Gasteiger partial charge >= 0.3 is 0 Å². The number of nitrogens with zero attached hydrogens (tertiary/aromatic N) is 4. The minimum absolute atomic E-state index is 0.0547. The fourth-order valence-corrected chi connectivity index (χ4v) is 13.9. The van der Waals surface area contributed by atoms with Crippen molar-refractivity contribution in [3.8, 4) is 11.5 Å². The maximum Gasteiger partial charge on any atom is 0.270 e. The average molecular weight is 1000 g/mol. The van der Waals surface area contributed by atoms with Gasteiger partial charge in [-0.25, -0.2) is 0 Å². The van der Waals surface area contributed by atoms with E-state index < -0.39 is 0 Å². The summed E-state index contributed by atoms with van der Waals surface area (Å²) in [5, 5.41) is 8.58. The summed E-state index contributed by atoms with van der Waals surface area (Å²) < 4.78 is 32.3. The van der Waals surface area contributed by atoms with Gasteiger partial charge in [-0.15, -0.1) is 0 Å². The number of hydrogen-bond acceptors (Lipinski definition) is 10.